The van der Waals surface area contributed by atoms with E-state index in [0.717, 1.165) is 56.6 Å². The minimum absolute atomic E-state index is 0.122. The normalized spacial score (nSPS) is 16.7. The lowest BCUT2D eigenvalue weighted by atomic mass is 9.97. The summed E-state index contributed by atoms with van der Waals surface area (Å²) in [7, 11) is 1.73. The second-order valence-corrected chi connectivity index (χ2v) is 11.5. The van der Waals surface area contributed by atoms with Gasteiger partial charge >= 0.3 is 0 Å². The van der Waals surface area contributed by atoms with E-state index in [2.05, 4.69) is 41.8 Å². The first-order chi connectivity index (χ1) is 19.0. The second-order valence-electron chi connectivity index (χ2n) is 9.91. The molecule has 1 aromatic heterocycles. The van der Waals surface area contributed by atoms with Crippen molar-refractivity contribution < 1.29 is 4.21 Å². The molecule has 0 aliphatic carbocycles. The molecule has 0 saturated carbocycles. The monoisotopic (exact) mass is 588 g/mol. The number of hydrogen-bond donors (Lipinski definition) is 4. The van der Waals surface area contributed by atoms with Gasteiger partial charge in [-0.15, -0.1) is 0 Å². The van der Waals surface area contributed by atoms with Crippen molar-refractivity contribution in [2.45, 2.75) is 12.8 Å². The Hall–Kier alpha value is -2.63. The first-order valence-electron chi connectivity index (χ1n) is 13.2. The molecule has 0 unspecified atom stereocenters. The van der Waals surface area contributed by atoms with Crippen LogP contribution in [0.15, 0.2) is 48.7 Å². The lowest BCUT2D eigenvalue weighted by Gasteiger charge is -2.38. The average Bonchev–Trinajstić information content (AvgIpc) is 2.96. The van der Waals surface area contributed by atoms with Gasteiger partial charge in [0.25, 0.3) is 0 Å². The molecule has 3 aromatic rings. The van der Waals surface area contributed by atoms with Gasteiger partial charge in [-0.3, -0.25) is 9.21 Å². The van der Waals surface area contributed by atoms with Gasteiger partial charge in [-0.2, -0.15) is 4.98 Å². The van der Waals surface area contributed by atoms with Crippen LogP contribution in [0.2, 0.25) is 10.0 Å². The Balaban J connectivity index is 1.22. The third-order valence-corrected chi connectivity index (χ3v) is 8.33. The van der Waals surface area contributed by atoms with E-state index in [-0.39, 0.29) is 11.9 Å². The number of piperidine rings is 1. The van der Waals surface area contributed by atoms with E-state index in [9.17, 15) is 4.21 Å². The number of anilines is 6. The van der Waals surface area contributed by atoms with E-state index in [1.165, 1.54) is 25.6 Å². The molecule has 5 rings (SSSR count). The molecule has 2 aliphatic heterocycles. The van der Waals surface area contributed by atoms with Crippen molar-refractivity contribution in [1.29, 1.82) is 0 Å². The molecule has 2 fully saturated rings. The van der Waals surface area contributed by atoms with Crippen LogP contribution in [0.5, 0.6) is 0 Å². The molecule has 9 nitrogen and oxygen atoms in total. The summed E-state index contributed by atoms with van der Waals surface area (Å²) < 4.78 is 13.0. The molecule has 3 heterocycles. The summed E-state index contributed by atoms with van der Waals surface area (Å²) >= 11 is 13.0. The molecule has 208 valence electrons. The number of nitrogens with one attached hydrogen (secondary N) is 3. The quantitative estimate of drug-likeness (QED) is 0.268. The molecule has 0 bridgehead atoms. The van der Waals surface area contributed by atoms with Crippen LogP contribution in [0.25, 0.3) is 0 Å². The molecule has 0 amide bonds. The smallest absolute Gasteiger partial charge is 0.229 e. The maximum Gasteiger partial charge on any atom is 0.229 e. The summed E-state index contributed by atoms with van der Waals surface area (Å²) in [5.41, 5.74) is 3.28. The van der Waals surface area contributed by atoms with E-state index in [1.807, 2.05) is 36.4 Å². The summed E-state index contributed by atoms with van der Waals surface area (Å²) in [5.74, 6) is 1.60. The number of rotatable bonds is 9. The van der Waals surface area contributed by atoms with Crippen molar-refractivity contribution in [3.05, 3.63) is 58.7 Å². The second kappa shape index (κ2) is 13.1. The zero-order valence-corrected chi connectivity index (χ0v) is 24.3. The van der Waals surface area contributed by atoms with Crippen LogP contribution in [0.4, 0.5) is 34.5 Å². The standard InChI is InChI=1S/C27H34Cl2N8OS/c1-35(39-38)25-5-3-2-4-24(25)32-26-22(29)17-31-27(34-26)33-23-7-6-20(16-21(23)28)37-14-12-36(13-15-37)18-19-8-10-30-11-9-19/h2-7,16-17,19,30,39H,8-15,18H2,1H3,(H2,31,32,33,34). The number of thiol groups is 1. The largest absolute Gasteiger partial charge is 0.369 e. The minimum Gasteiger partial charge on any atom is -0.369 e. The van der Waals surface area contributed by atoms with Crippen molar-refractivity contribution >= 4 is 69.6 Å². The lowest BCUT2D eigenvalue weighted by Crippen LogP contribution is -2.48. The summed E-state index contributed by atoms with van der Waals surface area (Å²) in [6.45, 7) is 7.63. The molecular formula is C27H34Cl2N8OS. The molecular weight excluding hydrogens is 555 g/mol. The van der Waals surface area contributed by atoms with E-state index in [4.69, 9.17) is 23.2 Å². The molecule has 3 N–H and O–H groups in total. The van der Waals surface area contributed by atoms with Gasteiger partial charge in [-0.05, 0) is 62.2 Å². The fraction of sp³-hybridized carbons (Fsp3) is 0.407. The van der Waals surface area contributed by atoms with E-state index >= 15 is 0 Å². The highest BCUT2D eigenvalue weighted by molar-refractivity contribution is 7.67. The number of hydrogen-bond acceptors (Lipinski definition) is 8. The Bertz CT molecular complexity index is 1280. The fourth-order valence-electron chi connectivity index (χ4n) is 5.09. The number of piperazine rings is 1. The third-order valence-electron chi connectivity index (χ3n) is 7.28. The Morgan fingerprint density at radius 2 is 1.79 bits per heavy atom. The van der Waals surface area contributed by atoms with Crippen molar-refractivity contribution in [2.75, 3.05) is 72.7 Å². The number of benzene rings is 2. The summed E-state index contributed by atoms with van der Waals surface area (Å²) in [4.78, 5) is 13.9. The molecule has 2 saturated heterocycles. The predicted molar refractivity (Wildman–Crippen MR) is 164 cm³/mol. The van der Waals surface area contributed by atoms with E-state index < -0.39 is 0 Å². The summed E-state index contributed by atoms with van der Waals surface area (Å²) in [5, 5.41) is 10.8. The molecule has 0 radical (unpaired) electrons. The third kappa shape index (κ3) is 7.12. The van der Waals surface area contributed by atoms with Crippen molar-refractivity contribution in [3.63, 3.8) is 0 Å². The molecule has 39 heavy (non-hydrogen) atoms. The predicted octanol–water partition coefficient (Wildman–Crippen LogP) is 4.69. The molecule has 0 atom stereocenters. The van der Waals surface area contributed by atoms with Gasteiger partial charge in [0, 0.05) is 45.5 Å². The van der Waals surface area contributed by atoms with E-state index in [0.29, 0.717) is 33.2 Å². The van der Waals surface area contributed by atoms with Crippen LogP contribution < -0.4 is 25.2 Å². The molecule has 12 heteroatoms. The van der Waals surface area contributed by atoms with Crippen molar-refractivity contribution in [3.8, 4) is 0 Å². The number of halogens is 2. The summed E-state index contributed by atoms with van der Waals surface area (Å²) in [6, 6.07) is 13.5. The molecule has 2 aliphatic rings. The van der Waals surface area contributed by atoms with Crippen molar-refractivity contribution in [2.24, 2.45) is 5.92 Å². The maximum atomic E-state index is 11.4. The van der Waals surface area contributed by atoms with Crippen LogP contribution in [-0.4, -0.2) is 71.9 Å². The van der Waals surface area contributed by atoms with Crippen LogP contribution >= 0.6 is 23.2 Å². The fourth-order valence-corrected chi connectivity index (χ4v) is 5.71. The Morgan fingerprint density at radius 1 is 1.03 bits per heavy atom. The number of para-hydroxylation sites is 2. The highest BCUT2D eigenvalue weighted by Gasteiger charge is 2.22. The zero-order valence-electron chi connectivity index (χ0n) is 21.9. The van der Waals surface area contributed by atoms with Crippen LogP contribution in [0, 0.1) is 5.92 Å². The zero-order chi connectivity index (χ0) is 27.2. The number of aromatic nitrogens is 2. The first-order valence-corrected chi connectivity index (χ1v) is 14.7. The van der Waals surface area contributed by atoms with Gasteiger partial charge in [-0.1, -0.05) is 35.3 Å². The van der Waals surface area contributed by atoms with Gasteiger partial charge in [0.1, 0.15) is 16.9 Å². The van der Waals surface area contributed by atoms with Gasteiger partial charge < -0.3 is 20.9 Å². The Morgan fingerprint density at radius 3 is 2.54 bits per heavy atom. The highest BCUT2D eigenvalue weighted by Crippen LogP contribution is 2.33. The van der Waals surface area contributed by atoms with Gasteiger partial charge in [0.05, 0.1) is 28.3 Å². The Kier molecular flexibility index (Phi) is 9.41. The minimum atomic E-state index is -0.122. The van der Waals surface area contributed by atoms with Crippen LogP contribution in [0.3, 0.4) is 0 Å². The SMILES string of the molecule is CN([SH]=O)c1ccccc1Nc1nc(Nc2ccc(N3CCN(CC4CCNCC4)CC3)cc2Cl)ncc1Cl. The molecule has 2 aromatic carbocycles. The van der Waals surface area contributed by atoms with Crippen molar-refractivity contribution in [1.82, 2.24) is 20.2 Å². The van der Waals surface area contributed by atoms with Gasteiger partial charge in [0.2, 0.25) is 5.95 Å². The topological polar surface area (TPSA) is 88.7 Å². The Labute approximate surface area is 243 Å². The van der Waals surface area contributed by atoms with E-state index in [1.54, 1.807) is 11.4 Å². The molecule has 0 spiro atoms. The summed E-state index contributed by atoms with van der Waals surface area (Å²) in [6.07, 6.45) is 4.10. The number of nitrogens with zero attached hydrogens (tertiary/aromatic N) is 5. The van der Waals surface area contributed by atoms with Crippen LogP contribution in [-0.2, 0) is 11.9 Å². The lowest BCUT2D eigenvalue weighted by molar-refractivity contribution is 0.196. The highest BCUT2D eigenvalue weighted by atomic mass is 35.5. The van der Waals surface area contributed by atoms with Crippen LogP contribution in [0.1, 0.15) is 12.8 Å². The van der Waals surface area contributed by atoms with Gasteiger partial charge in [0.15, 0.2) is 5.82 Å². The first kappa shape index (κ1) is 27.9. The maximum absolute atomic E-state index is 11.4. The van der Waals surface area contributed by atoms with Gasteiger partial charge in [-0.25, -0.2) is 9.19 Å². The average molecular weight is 590 g/mol.